The molecule has 0 aliphatic carbocycles. The Morgan fingerprint density at radius 1 is 0.947 bits per heavy atom. The number of carbonyl (C=O) groups is 2. The number of anilines is 1. The zero-order chi connectivity index (χ0) is 14.7. The molecule has 1 aromatic rings. The van der Waals surface area contributed by atoms with Crippen molar-refractivity contribution in [2.24, 2.45) is 0 Å². The Balaban J connectivity index is 0.000000399. The zero-order valence-electron chi connectivity index (χ0n) is 12.2. The second-order valence-electron chi connectivity index (χ2n) is 4.07. The molecule has 0 radical (unpaired) electrons. The Bertz CT molecular complexity index is 386. The van der Waals surface area contributed by atoms with Gasteiger partial charge in [0.25, 0.3) is 0 Å². The lowest BCUT2D eigenvalue weighted by atomic mass is 10.2. The third kappa shape index (κ3) is 8.83. The van der Waals surface area contributed by atoms with Gasteiger partial charge < -0.3 is 10.6 Å². The van der Waals surface area contributed by atoms with E-state index in [1.54, 1.807) is 0 Å². The number of rotatable bonds is 4. The van der Waals surface area contributed by atoms with Crippen molar-refractivity contribution in [2.75, 3.05) is 11.9 Å². The number of aryl methyl sites for hydroxylation is 1. The molecule has 1 rings (SSSR count). The summed E-state index contributed by atoms with van der Waals surface area (Å²) in [6.07, 6.45) is 1.11. The first kappa shape index (κ1) is 17.2. The maximum Gasteiger partial charge on any atom is 0.224 e. The summed E-state index contributed by atoms with van der Waals surface area (Å²) in [5, 5.41) is 5.44. The van der Waals surface area contributed by atoms with E-state index in [-0.39, 0.29) is 11.8 Å². The molecule has 0 aliphatic rings. The second-order valence-corrected chi connectivity index (χ2v) is 4.07. The Morgan fingerprint density at radius 2 is 1.47 bits per heavy atom. The van der Waals surface area contributed by atoms with Crippen molar-refractivity contribution in [1.82, 2.24) is 5.32 Å². The van der Waals surface area contributed by atoms with E-state index in [4.69, 9.17) is 0 Å². The molecule has 2 amide bonds. The highest BCUT2D eigenvalue weighted by Gasteiger charge is 1.96. The van der Waals surface area contributed by atoms with Crippen LogP contribution in [-0.2, 0) is 9.59 Å². The molecule has 0 atom stereocenters. The molecule has 4 heteroatoms. The summed E-state index contributed by atoms with van der Waals surface area (Å²) in [5.74, 6) is 0.182. The quantitative estimate of drug-likeness (QED) is 0.878. The fraction of sp³-hybridized carbons (Fsp3) is 0.467. The van der Waals surface area contributed by atoms with Gasteiger partial charge in [-0.05, 0) is 26.0 Å². The highest BCUT2D eigenvalue weighted by Crippen LogP contribution is 2.08. The Hall–Kier alpha value is -1.84. The van der Waals surface area contributed by atoms with E-state index in [0.717, 1.165) is 12.2 Å². The molecule has 0 fully saturated rings. The zero-order valence-corrected chi connectivity index (χ0v) is 12.2. The van der Waals surface area contributed by atoms with Gasteiger partial charge >= 0.3 is 0 Å². The predicted octanol–water partition coefficient (Wildman–Crippen LogP) is 2.88. The van der Waals surface area contributed by atoms with Crippen molar-refractivity contribution < 1.29 is 9.59 Å². The molecule has 4 nitrogen and oxygen atoms in total. The molecular formula is C15H24N2O2. The van der Waals surface area contributed by atoms with E-state index < -0.39 is 0 Å². The van der Waals surface area contributed by atoms with Gasteiger partial charge in [0.1, 0.15) is 0 Å². The van der Waals surface area contributed by atoms with Crippen LogP contribution in [0.25, 0.3) is 0 Å². The third-order valence-electron chi connectivity index (χ3n) is 2.35. The largest absolute Gasteiger partial charge is 0.356 e. The first-order valence-electron chi connectivity index (χ1n) is 6.66. The summed E-state index contributed by atoms with van der Waals surface area (Å²) >= 11 is 0. The van der Waals surface area contributed by atoms with Gasteiger partial charge in [-0.2, -0.15) is 0 Å². The molecule has 0 aromatic heterocycles. The molecule has 0 aliphatic heterocycles. The lowest BCUT2D eigenvalue weighted by Gasteiger charge is -2.02. The second kappa shape index (κ2) is 10.1. The van der Waals surface area contributed by atoms with E-state index >= 15 is 0 Å². The SMILES string of the molecule is CCC(=O)Nc1ccc(C)cc1.CCNC(=O)CC. The van der Waals surface area contributed by atoms with E-state index in [1.165, 1.54) is 5.56 Å². The van der Waals surface area contributed by atoms with Crippen molar-refractivity contribution in [2.45, 2.75) is 40.5 Å². The highest BCUT2D eigenvalue weighted by molar-refractivity contribution is 5.90. The van der Waals surface area contributed by atoms with Gasteiger partial charge in [0.2, 0.25) is 11.8 Å². The molecule has 0 spiro atoms. The Morgan fingerprint density at radius 3 is 1.84 bits per heavy atom. The maximum absolute atomic E-state index is 11.0. The summed E-state index contributed by atoms with van der Waals surface area (Å²) in [6.45, 7) is 8.35. The lowest BCUT2D eigenvalue weighted by Crippen LogP contribution is -2.20. The minimum Gasteiger partial charge on any atom is -0.356 e. The van der Waals surface area contributed by atoms with Crippen LogP contribution in [0.4, 0.5) is 5.69 Å². The number of benzene rings is 1. The third-order valence-corrected chi connectivity index (χ3v) is 2.35. The standard InChI is InChI=1S/C10H13NO.C5H11NO/c1-3-10(12)11-9-6-4-8(2)5-7-9;1-3-5(7)6-4-2/h4-7H,3H2,1-2H3,(H,11,12);3-4H2,1-2H3,(H,6,7). The molecular weight excluding hydrogens is 240 g/mol. The summed E-state index contributed by atoms with van der Waals surface area (Å²) in [7, 11) is 0. The molecule has 0 heterocycles. The highest BCUT2D eigenvalue weighted by atomic mass is 16.2. The van der Waals surface area contributed by atoms with E-state index in [1.807, 2.05) is 52.0 Å². The van der Waals surface area contributed by atoms with Gasteiger partial charge in [-0.3, -0.25) is 9.59 Å². The summed E-state index contributed by atoms with van der Waals surface area (Å²) in [4.78, 5) is 21.3. The Kier molecular flexibility index (Phi) is 9.14. The average molecular weight is 264 g/mol. The normalized spacial score (nSPS) is 9.05. The monoisotopic (exact) mass is 264 g/mol. The van der Waals surface area contributed by atoms with Crippen LogP contribution in [0.15, 0.2) is 24.3 Å². The van der Waals surface area contributed by atoms with Crippen LogP contribution >= 0.6 is 0 Å². The molecule has 0 saturated carbocycles. The van der Waals surface area contributed by atoms with Gasteiger partial charge in [0.15, 0.2) is 0 Å². The van der Waals surface area contributed by atoms with Crippen LogP contribution in [0.5, 0.6) is 0 Å². The van der Waals surface area contributed by atoms with Crippen molar-refractivity contribution in [3.8, 4) is 0 Å². The van der Waals surface area contributed by atoms with Crippen molar-refractivity contribution in [3.63, 3.8) is 0 Å². The van der Waals surface area contributed by atoms with Gasteiger partial charge in [-0.15, -0.1) is 0 Å². The number of carbonyl (C=O) groups excluding carboxylic acids is 2. The fourth-order valence-corrected chi connectivity index (χ4v) is 1.21. The van der Waals surface area contributed by atoms with Crippen LogP contribution in [0.1, 0.15) is 39.2 Å². The first-order valence-corrected chi connectivity index (χ1v) is 6.66. The van der Waals surface area contributed by atoms with Crippen LogP contribution in [0, 0.1) is 6.92 Å². The van der Waals surface area contributed by atoms with Crippen molar-refractivity contribution in [1.29, 1.82) is 0 Å². The number of hydrogen-bond acceptors (Lipinski definition) is 2. The molecule has 0 bridgehead atoms. The predicted molar refractivity (Wildman–Crippen MR) is 79.1 cm³/mol. The molecule has 19 heavy (non-hydrogen) atoms. The van der Waals surface area contributed by atoms with Crippen LogP contribution in [-0.4, -0.2) is 18.4 Å². The number of nitrogens with one attached hydrogen (secondary N) is 2. The van der Waals surface area contributed by atoms with Gasteiger partial charge in [0.05, 0.1) is 0 Å². The van der Waals surface area contributed by atoms with Crippen molar-refractivity contribution >= 4 is 17.5 Å². The van der Waals surface area contributed by atoms with Crippen LogP contribution < -0.4 is 10.6 Å². The van der Waals surface area contributed by atoms with Crippen LogP contribution in [0.3, 0.4) is 0 Å². The lowest BCUT2D eigenvalue weighted by molar-refractivity contribution is -0.120. The smallest absolute Gasteiger partial charge is 0.224 e. The molecule has 2 N–H and O–H groups in total. The summed E-state index contributed by atoms with van der Waals surface area (Å²) in [6, 6.07) is 7.77. The Labute approximate surface area is 115 Å². The average Bonchev–Trinajstić information content (AvgIpc) is 2.42. The van der Waals surface area contributed by atoms with Gasteiger partial charge in [-0.1, -0.05) is 31.5 Å². The summed E-state index contributed by atoms with van der Waals surface area (Å²) in [5.41, 5.74) is 2.07. The van der Waals surface area contributed by atoms with E-state index in [0.29, 0.717) is 12.8 Å². The van der Waals surface area contributed by atoms with E-state index in [2.05, 4.69) is 10.6 Å². The molecule has 1 aromatic carbocycles. The first-order chi connectivity index (χ1) is 9.03. The minimum atomic E-state index is 0.0545. The number of amides is 2. The molecule has 0 unspecified atom stereocenters. The molecule has 106 valence electrons. The van der Waals surface area contributed by atoms with E-state index in [9.17, 15) is 9.59 Å². The van der Waals surface area contributed by atoms with Gasteiger partial charge in [0, 0.05) is 25.1 Å². The van der Waals surface area contributed by atoms with Gasteiger partial charge in [-0.25, -0.2) is 0 Å². The topological polar surface area (TPSA) is 58.2 Å². The summed E-state index contributed by atoms with van der Waals surface area (Å²) < 4.78 is 0. The maximum atomic E-state index is 11.0. The number of hydrogen-bond donors (Lipinski definition) is 2. The van der Waals surface area contributed by atoms with Crippen molar-refractivity contribution in [3.05, 3.63) is 29.8 Å². The fourth-order valence-electron chi connectivity index (χ4n) is 1.21. The minimum absolute atomic E-state index is 0.0545. The molecule has 0 saturated heterocycles. The van der Waals surface area contributed by atoms with Crippen LogP contribution in [0.2, 0.25) is 0 Å².